The molecule has 3 fully saturated rings. The van der Waals surface area contributed by atoms with Crippen LogP contribution in [0.3, 0.4) is 0 Å². The molecule has 5 rings (SSSR count). The van der Waals surface area contributed by atoms with Gasteiger partial charge in [-0.2, -0.15) is 0 Å². The van der Waals surface area contributed by atoms with Gasteiger partial charge in [-0.1, -0.05) is 24.3 Å². The molecule has 1 aliphatic heterocycles. The molecule has 2 heteroatoms. The second-order valence-electron chi connectivity index (χ2n) is 9.77. The predicted molar refractivity (Wildman–Crippen MR) is 128 cm³/mol. The second-order valence-corrected chi connectivity index (χ2v) is 22.1. The molecular formula is C27H37PTi. The van der Waals surface area contributed by atoms with E-state index in [0.29, 0.717) is 0 Å². The van der Waals surface area contributed by atoms with Crippen LogP contribution in [0.5, 0.6) is 0 Å². The maximum absolute atomic E-state index is 3.66. The molecule has 0 spiro atoms. The average molecular weight is 440 g/mol. The molecular weight excluding hydrogens is 403 g/mol. The van der Waals surface area contributed by atoms with Crippen molar-refractivity contribution in [3.05, 3.63) is 78.9 Å². The monoisotopic (exact) mass is 440 g/mol. The second kappa shape index (κ2) is 9.22. The third-order valence-corrected chi connectivity index (χ3v) is 21.8. The normalized spacial score (nSPS) is 33.5. The molecule has 0 N–H and O–H groups in total. The molecule has 0 amide bonds. The Hall–Kier alpha value is -0.676. The minimum atomic E-state index is -1.62. The van der Waals surface area contributed by atoms with Crippen molar-refractivity contribution in [3.8, 4) is 0 Å². The summed E-state index contributed by atoms with van der Waals surface area (Å²) < 4.78 is 4.48. The Bertz CT molecular complexity index is 789. The molecule has 2 saturated carbocycles. The van der Waals surface area contributed by atoms with Crippen molar-refractivity contribution in [3.63, 3.8) is 0 Å². The molecule has 3 aliphatic carbocycles. The Morgan fingerprint density at radius 3 is 2.03 bits per heavy atom. The number of fused-ring (bicyclic) bond motifs is 3. The van der Waals surface area contributed by atoms with Gasteiger partial charge in [0, 0.05) is 0 Å². The van der Waals surface area contributed by atoms with E-state index in [4.69, 9.17) is 0 Å². The van der Waals surface area contributed by atoms with Crippen LogP contribution in [0.15, 0.2) is 78.9 Å². The van der Waals surface area contributed by atoms with Crippen LogP contribution in [0.4, 0.5) is 0 Å². The Balaban J connectivity index is 0.000000302. The van der Waals surface area contributed by atoms with E-state index in [2.05, 4.69) is 67.8 Å². The van der Waals surface area contributed by atoms with Gasteiger partial charge >= 0.3 is 146 Å². The van der Waals surface area contributed by atoms with Crippen molar-refractivity contribution in [2.45, 2.75) is 53.2 Å². The number of hydrogen-bond donors (Lipinski definition) is 0. The fourth-order valence-corrected chi connectivity index (χ4v) is 23.5. The molecule has 0 nitrogen and oxygen atoms in total. The van der Waals surface area contributed by atoms with Gasteiger partial charge in [-0.05, 0) is 13.8 Å². The van der Waals surface area contributed by atoms with Crippen molar-refractivity contribution in [2.24, 2.45) is 23.7 Å². The third-order valence-electron chi connectivity index (χ3n) is 7.79. The number of hydrogen-bond acceptors (Lipinski definition) is 0. The van der Waals surface area contributed by atoms with Crippen LogP contribution in [0.2, 0.25) is 13.7 Å². The number of benzene rings is 1. The van der Waals surface area contributed by atoms with E-state index >= 15 is 0 Å². The molecule has 1 aromatic carbocycles. The van der Waals surface area contributed by atoms with Gasteiger partial charge in [-0.15, -0.1) is 0 Å². The summed E-state index contributed by atoms with van der Waals surface area (Å²) in [5, 5.41) is 1.68. The van der Waals surface area contributed by atoms with Gasteiger partial charge in [0.2, 0.25) is 0 Å². The van der Waals surface area contributed by atoms with Crippen molar-refractivity contribution < 1.29 is 16.1 Å². The predicted octanol–water partition coefficient (Wildman–Crippen LogP) is 8.02. The van der Waals surface area contributed by atoms with Gasteiger partial charge < -0.3 is 0 Å². The summed E-state index contributed by atoms with van der Waals surface area (Å²) >= 11 is -1.62. The molecule has 4 aliphatic rings. The van der Waals surface area contributed by atoms with Crippen LogP contribution in [0.1, 0.15) is 39.5 Å². The largest absolute Gasteiger partial charge is 0.0959 e. The van der Waals surface area contributed by atoms with E-state index in [-0.39, 0.29) is 0 Å². The third kappa shape index (κ3) is 4.66. The minimum Gasteiger partial charge on any atom is -0.0959 e. The van der Waals surface area contributed by atoms with Gasteiger partial charge in [0.25, 0.3) is 0 Å². The molecule has 6 unspecified atom stereocenters. The van der Waals surface area contributed by atoms with Crippen molar-refractivity contribution in [2.75, 3.05) is 0 Å². The summed E-state index contributed by atoms with van der Waals surface area (Å²) in [5.41, 5.74) is 2.13. The summed E-state index contributed by atoms with van der Waals surface area (Å²) in [4.78, 5) is 0. The zero-order valence-electron chi connectivity index (χ0n) is 18.2. The first kappa shape index (κ1) is 21.6. The summed E-state index contributed by atoms with van der Waals surface area (Å²) in [6, 6.07) is 11.5. The standard InChI is InChI=1S/C13H17.C6H6P.C6H10.C2H4.Ti/c1-3-7-12-10(5-1)9-11-6-2-4-8-13(11)12;7-6-4-2-1-3-5-6;1-5(2)6(3)4;1-2;/h1,3,5,7,9-13H,2,4,6,8H2;1-5,7H;1,3H2,2,4H3;1-2H2;/q;-1;;;+1. The fourth-order valence-electron chi connectivity index (χ4n) is 6.09. The maximum Gasteiger partial charge on any atom is -0.0401 e. The van der Waals surface area contributed by atoms with Crippen molar-refractivity contribution in [1.82, 2.24) is 0 Å². The van der Waals surface area contributed by atoms with Gasteiger partial charge in [-0.25, -0.2) is 0 Å². The van der Waals surface area contributed by atoms with E-state index in [9.17, 15) is 0 Å². The molecule has 0 aromatic heterocycles. The van der Waals surface area contributed by atoms with Crippen LogP contribution in [-0.2, 0) is 16.1 Å². The Kier molecular flexibility index (Phi) is 6.85. The van der Waals surface area contributed by atoms with Crippen LogP contribution in [-0.4, -0.2) is 0 Å². The van der Waals surface area contributed by atoms with Gasteiger partial charge in [0.15, 0.2) is 0 Å². The Morgan fingerprint density at radius 1 is 0.862 bits per heavy atom. The average Bonchev–Trinajstić information content (AvgIpc) is 3.41. The zero-order chi connectivity index (χ0) is 20.4. The van der Waals surface area contributed by atoms with E-state index in [1.54, 1.807) is 21.2 Å². The van der Waals surface area contributed by atoms with Gasteiger partial charge in [0.1, 0.15) is 0 Å². The van der Waals surface area contributed by atoms with Gasteiger partial charge in [-0.3, -0.25) is 0 Å². The molecule has 1 heterocycles. The van der Waals surface area contributed by atoms with E-state index in [0.717, 1.165) is 39.0 Å². The first-order chi connectivity index (χ1) is 14.0. The molecule has 1 aromatic rings. The number of rotatable bonds is 4. The molecule has 0 radical (unpaired) electrons. The quantitative estimate of drug-likeness (QED) is 0.253. The molecule has 29 heavy (non-hydrogen) atoms. The van der Waals surface area contributed by atoms with E-state index in [1.807, 2.05) is 13.8 Å². The fraction of sp³-hybridized carbons (Fsp3) is 0.481. The molecule has 6 atom stereocenters. The molecule has 1 saturated heterocycles. The first-order valence-corrected chi connectivity index (χ1v) is 18.0. The van der Waals surface area contributed by atoms with Crippen molar-refractivity contribution >= 4 is 11.9 Å². The minimum absolute atomic E-state index is 0.902. The topological polar surface area (TPSA) is 0 Å². The summed E-state index contributed by atoms with van der Waals surface area (Å²) in [5.74, 6) is 3.94. The van der Waals surface area contributed by atoms with Crippen LogP contribution < -0.4 is 5.30 Å². The smallest absolute Gasteiger partial charge is 0.0401 e. The van der Waals surface area contributed by atoms with Crippen molar-refractivity contribution in [1.29, 1.82) is 0 Å². The Labute approximate surface area is 183 Å². The van der Waals surface area contributed by atoms with Crippen LogP contribution >= 0.6 is 6.57 Å². The van der Waals surface area contributed by atoms with Crippen LogP contribution in [0.25, 0.3) is 0 Å². The molecule has 0 bridgehead atoms. The van der Waals surface area contributed by atoms with E-state index in [1.165, 1.54) is 25.8 Å². The summed E-state index contributed by atoms with van der Waals surface area (Å²) in [6.07, 6.45) is 16.0. The van der Waals surface area contributed by atoms with E-state index < -0.39 is 16.1 Å². The SMILES string of the molecule is C1=CC2C(C=C1)[CH]([Ti]1([PH]c3ccccc3)[CH2][CH2]1)C1CCCCC21.C=C(C)C(=C)C. The maximum atomic E-state index is 3.66. The summed E-state index contributed by atoms with van der Waals surface area (Å²) in [6.45, 7) is 12.4. The van der Waals surface area contributed by atoms with Gasteiger partial charge in [0.05, 0.1) is 0 Å². The summed E-state index contributed by atoms with van der Waals surface area (Å²) in [7, 11) is 0. The Morgan fingerprint density at radius 2 is 1.45 bits per heavy atom. The zero-order valence-corrected chi connectivity index (χ0v) is 20.8. The number of allylic oxidation sites excluding steroid dienone is 6. The molecule has 154 valence electrons. The first-order valence-electron chi connectivity index (χ1n) is 11.5. The van der Waals surface area contributed by atoms with Crippen LogP contribution in [0, 0.1) is 23.7 Å².